The summed E-state index contributed by atoms with van der Waals surface area (Å²) < 4.78 is 48.4. The van der Waals surface area contributed by atoms with Gasteiger partial charge in [0.05, 0.1) is 40.2 Å². The molecule has 3 aromatic carbocycles. The number of carbonyl (C=O) groups excluding carboxylic acids is 1. The molecule has 43 heavy (non-hydrogen) atoms. The minimum atomic E-state index is -3.71. The van der Waals surface area contributed by atoms with Crippen molar-refractivity contribution in [1.82, 2.24) is 14.9 Å². The second kappa shape index (κ2) is 10.4. The molecule has 1 amide bonds. The zero-order valence-electron chi connectivity index (χ0n) is 23.3. The van der Waals surface area contributed by atoms with Crippen LogP contribution in [0.5, 0.6) is 0 Å². The molecule has 0 aliphatic carbocycles. The molecular weight excluding hydrogens is 569 g/mol. The molecule has 11 heteroatoms. The molecule has 6 aromatic rings. The lowest BCUT2D eigenvalue weighted by atomic mass is 9.99. The molecule has 0 aliphatic rings. The molecule has 0 unspecified atom stereocenters. The number of furan rings is 1. The Balaban J connectivity index is 1.62. The number of amides is 1. The van der Waals surface area contributed by atoms with Crippen molar-refractivity contribution in [2.45, 2.75) is 0 Å². The van der Waals surface area contributed by atoms with E-state index in [9.17, 15) is 22.9 Å². The first-order chi connectivity index (χ1) is 20.6. The summed E-state index contributed by atoms with van der Waals surface area (Å²) in [7, 11) is -0.770. The van der Waals surface area contributed by atoms with Crippen LogP contribution in [0, 0.1) is 17.1 Å². The van der Waals surface area contributed by atoms with Gasteiger partial charge in [-0.1, -0.05) is 0 Å². The molecule has 0 saturated carbocycles. The predicted molar refractivity (Wildman–Crippen MR) is 163 cm³/mol. The van der Waals surface area contributed by atoms with E-state index < -0.39 is 21.7 Å². The van der Waals surface area contributed by atoms with Gasteiger partial charge in [-0.25, -0.2) is 12.8 Å². The zero-order chi connectivity index (χ0) is 30.5. The number of fused-ring (bicyclic) bond motifs is 2. The molecule has 3 heterocycles. The molecule has 0 fully saturated rings. The fourth-order valence-electron chi connectivity index (χ4n) is 5.04. The van der Waals surface area contributed by atoms with Gasteiger partial charge in [0.15, 0.2) is 0 Å². The average molecular weight is 594 g/mol. The van der Waals surface area contributed by atoms with Gasteiger partial charge >= 0.3 is 0 Å². The molecule has 0 saturated heterocycles. The van der Waals surface area contributed by atoms with Gasteiger partial charge in [-0.15, -0.1) is 0 Å². The SMILES string of the molecule is CNC(=O)c1c(-c2ccc(F)cc2)oc2cc(N(C)S(C)(=O)=O)c(-c3cnc4ccn(-c5ccc(C#N)cc5)c4c3)cc12. The van der Waals surface area contributed by atoms with Crippen molar-refractivity contribution in [3.05, 3.63) is 102 Å². The maximum absolute atomic E-state index is 13.7. The Kier molecular flexibility index (Phi) is 6.71. The number of hydrogen-bond acceptors (Lipinski definition) is 6. The van der Waals surface area contributed by atoms with Crippen molar-refractivity contribution >= 4 is 43.6 Å². The van der Waals surface area contributed by atoms with Gasteiger partial charge in [-0.05, 0) is 66.7 Å². The fourth-order valence-corrected chi connectivity index (χ4v) is 5.55. The summed E-state index contributed by atoms with van der Waals surface area (Å²) in [5.41, 5.74) is 5.22. The van der Waals surface area contributed by atoms with Crippen molar-refractivity contribution in [3.8, 4) is 34.2 Å². The number of halogens is 1. The number of nitrogens with one attached hydrogen (secondary N) is 1. The maximum Gasteiger partial charge on any atom is 0.255 e. The third kappa shape index (κ3) is 4.87. The number of hydrogen-bond donors (Lipinski definition) is 1. The summed E-state index contributed by atoms with van der Waals surface area (Å²) in [5, 5.41) is 12.3. The van der Waals surface area contributed by atoms with Crippen LogP contribution in [0.15, 0.2) is 89.6 Å². The first kappa shape index (κ1) is 27.7. The number of sulfonamides is 1. The van der Waals surface area contributed by atoms with Crippen LogP contribution in [0.4, 0.5) is 10.1 Å². The summed E-state index contributed by atoms with van der Waals surface area (Å²) >= 11 is 0. The van der Waals surface area contributed by atoms with E-state index in [1.54, 1.807) is 30.5 Å². The Hall–Kier alpha value is -5.47. The molecule has 214 valence electrons. The Labute approximate surface area is 246 Å². The van der Waals surface area contributed by atoms with Crippen molar-refractivity contribution in [3.63, 3.8) is 0 Å². The van der Waals surface area contributed by atoms with Gasteiger partial charge in [0.1, 0.15) is 17.2 Å². The van der Waals surface area contributed by atoms with E-state index in [1.807, 2.05) is 35.0 Å². The number of rotatable bonds is 6. The number of anilines is 1. The van der Waals surface area contributed by atoms with E-state index >= 15 is 0 Å². The third-order valence-electron chi connectivity index (χ3n) is 7.33. The van der Waals surface area contributed by atoms with Crippen molar-refractivity contribution in [2.75, 3.05) is 24.7 Å². The second-order valence-electron chi connectivity index (χ2n) is 9.96. The Bertz CT molecular complexity index is 2200. The minimum absolute atomic E-state index is 0.225. The quantitative estimate of drug-likeness (QED) is 0.258. The lowest BCUT2D eigenvalue weighted by molar-refractivity contribution is 0.0964. The number of carbonyl (C=O) groups is 1. The molecule has 9 nitrogen and oxygen atoms in total. The highest BCUT2D eigenvalue weighted by molar-refractivity contribution is 7.92. The number of nitriles is 1. The molecule has 0 bridgehead atoms. The predicted octanol–water partition coefficient (Wildman–Crippen LogP) is 5.87. The number of benzene rings is 3. The van der Waals surface area contributed by atoms with Gasteiger partial charge in [0.2, 0.25) is 10.0 Å². The molecule has 3 aromatic heterocycles. The van der Waals surface area contributed by atoms with Crippen molar-refractivity contribution < 1.29 is 22.0 Å². The lowest BCUT2D eigenvalue weighted by Crippen LogP contribution is -2.25. The number of aromatic nitrogens is 2. The monoisotopic (exact) mass is 593 g/mol. The highest BCUT2D eigenvalue weighted by Crippen LogP contribution is 2.41. The Morgan fingerprint density at radius 1 is 1.05 bits per heavy atom. The van der Waals surface area contributed by atoms with Crippen LogP contribution in [0.1, 0.15) is 15.9 Å². The van der Waals surface area contributed by atoms with E-state index in [1.165, 1.54) is 38.4 Å². The van der Waals surface area contributed by atoms with Crippen LogP contribution in [-0.2, 0) is 10.0 Å². The maximum atomic E-state index is 13.7. The highest BCUT2D eigenvalue weighted by Gasteiger charge is 2.26. The Morgan fingerprint density at radius 3 is 2.42 bits per heavy atom. The van der Waals surface area contributed by atoms with Gasteiger partial charge in [-0.3, -0.25) is 14.1 Å². The normalized spacial score (nSPS) is 11.5. The van der Waals surface area contributed by atoms with Crippen molar-refractivity contribution in [1.29, 1.82) is 5.26 Å². The van der Waals surface area contributed by atoms with Crippen LogP contribution < -0.4 is 9.62 Å². The summed E-state index contributed by atoms with van der Waals surface area (Å²) in [6, 6.07) is 21.8. The molecule has 0 aliphatic heterocycles. The van der Waals surface area contributed by atoms with Crippen molar-refractivity contribution in [2.24, 2.45) is 0 Å². The van der Waals surface area contributed by atoms with E-state index in [0.717, 1.165) is 21.8 Å². The zero-order valence-corrected chi connectivity index (χ0v) is 24.1. The standard InChI is InChI=1S/C32H24FN5O4S/c1-35-32(39)30-25-15-24(21-14-28-26(36-18-21)12-13-38(28)23-10-4-19(17-34)5-11-23)27(37(2)43(3,40)41)16-29(25)42-31(30)20-6-8-22(33)9-7-20/h4-16,18H,1-3H3,(H,35,39). The molecule has 1 N–H and O–H groups in total. The third-order valence-corrected chi connectivity index (χ3v) is 8.52. The average Bonchev–Trinajstić information content (AvgIpc) is 3.60. The van der Waals surface area contributed by atoms with Crippen LogP contribution in [0.3, 0.4) is 0 Å². The molecule has 0 spiro atoms. The molecular formula is C32H24FN5O4S. The van der Waals surface area contributed by atoms with E-state index in [2.05, 4.69) is 16.4 Å². The molecule has 0 atom stereocenters. The van der Waals surface area contributed by atoms with Crippen LogP contribution in [0.25, 0.3) is 50.1 Å². The summed E-state index contributed by atoms with van der Waals surface area (Å²) in [6.45, 7) is 0. The van der Waals surface area contributed by atoms with Gasteiger partial charge in [0.25, 0.3) is 5.91 Å². The van der Waals surface area contributed by atoms with Gasteiger partial charge in [-0.2, -0.15) is 5.26 Å². The first-order valence-corrected chi connectivity index (χ1v) is 14.9. The molecule has 0 radical (unpaired) electrons. The Morgan fingerprint density at radius 2 is 1.77 bits per heavy atom. The fraction of sp³-hybridized carbons (Fsp3) is 0.0938. The van der Waals surface area contributed by atoms with E-state index in [0.29, 0.717) is 38.8 Å². The smallest absolute Gasteiger partial charge is 0.255 e. The summed E-state index contributed by atoms with van der Waals surface area (Å²) in [6.07, 6.45) is 4.61. The molecule has 6 rings (SSSR count). The first-order valence-electron chi connectivity index (χ1n) is 13.1. The summed E-state index contributed by atoms with van der Waals surface area (Å²) in [4.78, 5) is 17.8. The van der Waals surface area contributed by atoms with Gasteiger partial charge in [0, 0.05) is 60.3 Å². The van der Waals surface area contributed by atoms with E-state index in [-0.39, 0.29) is 16.9 Å². The number of pyridine rings is 1. The van der Waals surface area contributed by atoms with Crippen LogP contribution in [-0.4, -0.2) is 44.2 Å². The minimum Gasteiger partial charge on any atom is -0.455 e. The summed E-state index contributed by atoms with van der Waals surface area (Å²) in [5.74, 6) is -0.631. The van der Waals surface area contributed by atoms with E-state index in [4.69, 9.17) is 4.42 Å². The van der Waals surface area contributed by atoms with Crippen LogP contribution in [0.2, 0.25) is 0 Å². The highest BCUT2D eigenvalue weighted by atomic mass is 32.2. The largest absolute Gasteiger partial charge is 0.455 e. The topological polar surface area (TPSA) is 121 Å². The van der Waals surface area contributed by atoms with Crippen LogP contribution >= 0.6 is 0 Å². The number of nitrogens with zero attached hydrogens (tertiary/aromatic N) is 4. The lowest BCUT2D eigenvalue weighted by Gasteiger charge is -2.20. The second-order valence-corrected chi connectivity index (χ2v) is 12.0. The van der Waals surface area contributed by atoms with Gasteiger partial charge < -0.3 is 14.3 Å².